The second-order valence-corrected chi connectivity index (χ2v) is 11.3. The van der Waals surface area contributed by atoms with Crippen LogP contribution in [0.1, 0.15) is 40.6 Å². The van der Waals surface area contributed by atoms with Crippen LogP contribution in [0.3, 0.4) is 0 Å². The van der Waals surface area contributed by atoms with Crippen LogP contribution >= 0.6 is 0 Å². The van der Waals surface area contributed by atoms with E-state index in [-0.39, 0.29) is 29.7 Å². The second-order valence-electron chi connectivity index (χ2n) is 9.47. The summed E-state index contributed by atoms with van der Waals surface area (Å²) in [7, 11) is -2.77. The lowest BCUT2D eigenvalue weighted by Gasteiger charge is -2.32. The molecule has 11 nitrogen and oxygen atoms in total. The Morgan fingerprint density at radius 2 is 1.98 bits per heavy atom. The lowest BCUT2D eigenvalue weighted by molar-refractivity contribution is -0.142. The van der Waals surface area contributed by atoms with Crippen molar-refractivity contribution in [1.29, 1.82) is 0 Å². The SMILES string of the molecule is COc1cccc(C(C(=O)NCC2CCCO2)N(Cc2ccco2)C(=O)CN2C(=O)c3ccccc3S2(=O)=O)c1. The minimum absolute atomic E-state index is 0.00784. The molecule has 0 bridgehead atoms. The molecular formula is C28H29N3O8S. The van der Waals surface area contributed by atoms with Crippen molar-refractivity contribution in [3.8, 4) is 5.75 Å². The molecule has 1 N–H and O–H groups in total. The van der Waals surface area contributed by atoms with Gasteiger partial charge in [-0.05, 0) is 54.8 Å². The first kappa shape index (κ1) is 27.4. The fourth-order valence-electron chi connectivity index (χ4n) is 4.90. The van der Waals surface area contributed by atoms with Crippen molar-refractivity contribution in [1.82, 2.24) is 14.5 Å². The van der Waals surface area contributed by atoms with Crippen LogP contribution in [0.2, 0.25) is 0 Å². The van der Waals surface area contributed by atoms with Crippen LogP contribution in [-0.4, -0.2) is 68.3 Å². The number of fused-ring (bicyclic) bond motifs is 1. The number of carbonyl (C=O) groups is 3. The average Bonchev–Trinajstić information content (AvgIpc) is 3.71. The molecular weight excluding hydrogens is 538 g/mol. The van der Waals surface area contributed by atoms with Crippen LogP contribution in [0.4, 0.5) is 0 Å². The Morgan fingerprint density at radius 3 is 2.67 bits per heavy atom. The van der Waals surface area contributed by atoms with Gasteiger partial charge < -0.3 is 24.1 Å². The molecule has 3 aromatic rings. The quantitative estimate of drug-likeness (QED) is 0.395. The molecule has 1 aromatic heterocycles. The van der Waals surface area contributed by atoms with Crippen LogP contribution in [0.5, 0.6) is 5.75 Å². The highest BCUT2D eigenvalue weighted by atomic mass is 32.2. The maximum Gasteiger partial charge on any atom is 0.269 e. The Balaban J connectivity index is 1.50. The summed E-state index contributed by atoms with van der Waals surface area (Å²) in [4.78, 5) is 41.8. The van der Waals surface area contributed by atoms with Crippen molar-refractivity contribution in [2.24, 2.45) is 0 Å². The van der Waals surface area contributed by atoms with Crippen molar-refractivity contribution < 1.29 is 36.7 Å². The summed E-state index contributed by atoms with van der Waals surface area (Å²) in [6, 6.07) is 14.6. The van der Waals surface area contributed by atoms with E-state index in [9.17, 15) is 22.8 Å². The zero-order valence-electron chi connectivity index (χ0n) is 21.8. The number of ether oxygens (including phenoxy) is 2. The maximum atomic E-state index is 13.9. The highest BCUT2D eigenvalue weighted by Crippen LogP contribution is 2.32. The van der Waals surface area contributed by atoms with Crippen molar-refractivity contribution in [2.45, 2.75) is 36.4 Å². The first-order valence-corrected chi connectivity index (χ1v) is 14.2. The van der Waals surface area contributed by atoms with E-state index in [2.05, 4.69) is 5.32 Å². The third-order valence-corrected chi connectivity index (χ3v) is 8.70. The summed E-state index contributed by atoms with van der Waals surface area (Å²) in [6.07, 6.45) is 2.98. The second kappa shape index (κ2) is 11.5. The molecule has 2 aliphatic rings. The van der Waals surface area contributed by atoms with E-state index in [0.717, 1.165) is 12.8 Å². The van der Waals surface area contributed by atoms with Gasteiger partial charge in [-0.15, -0.1) is 0 Å². The smallest absolute Gasteiger partial charge is 0.269 e. The van der Waals surface area contributed by atoms with Crippen LogP contribution in [-0.2, 0) is 30.9 Å². The molecule has 2 unspecified atom stereocenters. The van der Waals surface area contributed by atoms with Crippen LogP contribution in [0.25, 0.3) is 0 Å². The summed E-state index contributed by atoms with van der Waals surface area (Å²) in [5.41, 5.74) is 0.425. The standard InChI is InChI=1S/C28H29N3O8S/c1-37-20-8-4-7-19(15-20)26(27(33)29-16-21-9-5-13-38-21)30(17-22-10-6-14-39-22)25(32)18-31-28(34)23-11-2-3-12-24(23)40(31,35)36/h2-4,6-8,10-12,14-15,21,26H,5,9,13,16-18H2,1H3,(H,29,33). The molecule has 3 heterocycles. The van der Waals surface area contributed by atoms with E-state index in [1.165, 1.54) is 36.5 Å². The molecule has 1 fully saturated rings. The van der Waals surface area contributed by atoms with E-state index in [4.69, 9.17) is 13.9 Å². The summed E-state index contributed by atoms with van der Waals surface area (Å²) >= 11 is 0. The zero-order valence-corrected chi connectivity index (χ0v) is 22.6. The van der Waals surface area contributed by atoms with E-state index < -0.39 is 40.3 Å². The van der Waals surface area contributed by atoms with Gasteiger partial charge >= 0.3 is 0 Å². The van der Waals surface area contributed by atoms with Gasteiger partial charge in [0.05, 0.1) is 31.6 Å². The molecule has 0 radical (unpaired) electrons. The average molecular weight is 568 g/mol. The zero-order chi connectivity index (χ0) is 28.3. The number of nitrogens with zero attached hydrogens (tertiary/aromatic N) is 2. The molecule has 2 aliphatic heterocycles. The van der Waals surface area contributed by atoms with Gasteiger partial charge in [0.25, 0.3) is 15.9 Å². The number of hydrogen-bond donors (Lipinski definition) is 1. The molecule has 5 rings (SSSR count). The molecule has 1 saturated heterocycles. The maximum absolute atomic E-state index is 13.9. The molecule has 2 aromatic carbocycles. The minimum Gasteiger partial charge on any atom is -0.497 e. The first-order chi connectivity index (χ1) is 19.3. The van der Waals surface area contributed by atoms with Gasteiger partial charge in [0.2, 0.25) is 11.8 Å². The van der Waals surface area contributed by atoms with Crippen LogP contribution in [0, 0.1) is 0 Å². The van der Waals surface area contributed by atoms with Gasteiger partial charge in [-0.2, -0.15) is 0 Å². The number of amides is 3. The van der Waals surface area contributed by atoms with Gasteiger partial charge in [0.1, 0.15) is 29.0 Å². The van der Waals surface area contributed by atoms with Gasteiger partial charge in [-0.1, -0.05) is 24.3 Å². The van der Waals surface area contributed by atoms with Crippen molar-refractivity contribution >= 4 is 27.7 Å². The lowest BCUT2D eigenvalue weighted by atomic mass is 10.0. The fourth-order valence-corrected chi connectivity index (χ4v) is 6.41. The molecule has 12 heteroatoms. The number of furan rings is 1. The van der Waals surface area contributed by atoms with Crippen LogP contribution < -0.4 is 10.1 Å². The number of nitrogens with one attached hydrogen (secondary N) is 1. The number of benzene rings is 2. The fraction of sp³-hybridized carbons (Fsp3) is 0.321. The summed E-state index contributed by atoms with van der Waals surface area (Å²) < 4.78 is 43.4. The molecule has 210 valence electrons. The number of sulfonamides is 1. The Bertz CT molecular complexity index is 1500. The minimum atomic E-state index is -4.25. The van der Waals surface area contributed by atoms with E-state index in [0.29, 0.717) is 28.0 Å². The molecule has 3 amide bonds. The highest BCUT2D eigenvalue weighted by Gasteiger charge is 2.43. The van der Waals surface area contributed by atoms with Gasteiger partial charge in [0, 0.05) is 13.2 Å². The largest absolute Gasteiger partial charge is 0.497 e. The molecule has 0 spiro atoms. The Labute approximate surface area is 231 Å². The van der Waals surface area contributed by atoms with Crippen molar-refractivity contribution in [2.75, 3.05) is 26.8 Å². The summed E-state index contributed by atoms with van der Waals surface area (Å²) in [6.45, 7) is -0.0911. The third kappa shape index (κ3) is 5.45. The first-order valence-electron chi connectivity index (χ1n) is 12.8. The van der Waals surface area contributed by atoms with Gasteiger partial charge in [0.15, 0.2) is 0 Å². The van der Waals surface area contributed by atoms with E-state index >= 15 is 0 Å². The van der Waals surface area contributed by atoms with Crippen LogP contribution in [0.15, 0.2) is 76.2 Å². The number of methoxy groups -OCH3 is 1. The van der Waals surface area contributed by atoms with E-state index in [1.807, 2.05) is 0 Å². The molecule has 0 saturated carbocycles. The molecule has 40 heavy (non-hydrogen) atoms. The predicted octanol–water partition coefficient (Wildman–Crippen LogP) is 2.50. The number of rotatable bonds is 10. The van der Waals surface area contributed by atoms with Gasteiger partial charge in [-0.25, -0.2) is 12.7 Å². The number of carbonyl (C=O) groups excluding carboxylic acids is 3. The monoisotopic (exact) mass is 567 g/mol. The Kier molecular flexibility index (Phi) is 7.90. The van der Waals surface area contributed by atoms with Gasteiger partial charge in [-0.3, -0.25) is 14.4 Å². The summed E-state index contributed by atoms with van der Waals surface area (Å²) in [5.74, 6) is -1.23. The molecule has 2 atom stereocenters. The molecule has 0 aliphatic carbocycles. The normalized spacial score (nSPS) is 18.3. The third-order valence-electron chi connectivity index (χ3n) is 6.92. The Morgan fingerprint density at radius 1 is 1.15 bits per heavy atom. The number of hydrogen-bond acceptors (Lipinski definition) is 8. The van der Waals surface area contributed by atoms with Crippen molar-refractivity contribution in [3.05, 3.63) is 83.8 Å². The Hall–Kier alpha value is -4.16. The van der Waals surface area contributed by atoms with E-state index in [1.54, 1.807) is 42.5 Å². The lowest BCUT2D eigenvalue weighted by Crippen LogP contribution is -2.48. The van der Waals surface area contributed by atoms with Crippen molar-refractivity contribution in [3.63, 3.8) is 0 Å². The topological polar surface area (TPSA) is 135 Å². The predicted molar refractivity (Wildman–Crippen MR) is 142 cm³/mol. The summed E-state index contributed by atoms with van der Waals surface area (Å²) in [5, 5.41) is 2.88. The highest BCUT2D eigenvalue weighted by molar-refractivity contribution is 7.90.